The third-order valence-electron chi connectivity index (χ3n) is 2.09. The number of nitrogens with one attached hydrogen (secondary N) is 1. The van der Waals surface area contributed by atoms with Gasteiger partial charge in [-0.05, 0) is 40.5 Å². The maximum absolute atomic E-state index is 8.94. The summed E-state index contributed by atoms with van der Waals surface area (Å²) in [6.07, 6.45) is 0. The summed E-state index contributed by atoms with van der Waals surface area (Å²) in [5, 5.41) is 29.2. The highest BCUT2D eigenvalue weighted by Crippen LogP contribution is 2.30. The van der Waals surface area contributed by atoms with Crippen molar-refractivity contribution in [3.63, 3.8) is 0 Å². The van der Waals surface area contributed by atoms with Crippen molar-refractivity contribution in [1.82, 2.24) is 0 Å². The normalized spacial score (nSPS) is 8.67. The molecule has 4 nitrogen and oxygen atoms in total. The van der Waals surface area contributed by atoms with Crippen LogP contribution in [-0.4, -0.2) is 0 Å². The predicted molar refractivity (Wildman–Crippen MR) is 74.1 cm³/mol. The van der Waals surface area contributed by atoms with Gasteiger partial charge < -0.3 is 5.32 Å². The van der Waals surface area contributed by atoms with Crippen LogP contribution in [0.1, 0.15) is 5.56 Å². The van der Waals surface area contributed by atoms with Crippen LogP contribution in [0, 0.1) is 40.9 Å². The number of rotatable bonds is 2. The van der Waals surface area contributed by atoms with Crippen LogP contribution >= 0.6 is 31.9 Å². The fraction of sp³-hybridized carbons (Fsp3) is 0.0833. The molecule has 0 fully saturated rings. The highest BCUT2D eigenvalue weighted by molar-refractivity contribution is 9.11. The van der Waals surface area contributed by atoms with Crippen LogP contribution in [-0.2, 0) is 0 Å². The van der Waals surface area contributed by atoms with Gasteiger partial charge in [0, 0.05) is 8.95 Å². The number of nitrogens with zero attached hydrogens (tertiary/aromatic N) is 3. The lowest BCUT2D eigenvalue weighted by Crippen LogP contribution is -2.01. The van der Waals surface area contributed by atoms with Gasteiger partial charge in [0.15, 0.2) is 5.57 Å². The molecule has 6 heteroatoms. The van der Waals surface area contributed by atoms with Crippen LogP contribution in [0.2, 0.25) is 0 Å². The molecule has 0 aliphatic rings. The lowest BCUT2D eigenvalue weighted by molar-refractivity contribution is 1.34. The second kappa shape index (κ2) is 6.21. The molecule has 18 heavy (non-hydrogen) atoms. The zero-order chi connectivity index (χ0) is 13.7. The molecule has 0 saturated heterocycles. The highest BCUT2D eigenvalue weighted by atomic mass is 79.9. The molecule has 0 heterocycles. The van der Waals surface area contributed by atoms with Crippen LogP contribution in [0.15, 0.2) is 32.3 Å². The van der Waals surface area contributed by atoms with E-state index in [0.717, 1.165) is 14.5 Å². The molecule has 0 unspecified atom stereocenters. The SMILES string of the molecule is Cc1cc(NC(C#N)=C(C#N)C#N)c(Br)cc1Br. The first-order chi connectivity index (χ1) is 8.53. The zero-order valence-electron chi connectivity index (χ0n) is 9.25. The van der Waals surface area contributed by atoms with Crippen LogP contribution in [0.3, 0.4) is 0 Å². The first-order valence-corrected chi connectivity index (χ1v) is 6.29. The number of anilines is 1. The van der Waals surface area contributed by atoms with Crippen molar-refractivity contribution in [1.29, 1.82) is 15.8 Å². The number of hydrogen-bond donors (Lipinski definition) is 1. The van der Waals surface area contributed by atoms with E-state index in [0.29, 0.717) is 5.69 Å². The van der Waals surface area contributed by atoms with Crippen molar-refractivity contribution in [2.24, 2.45) is 0 Å². The minimum atomic E-state index is -0.245. The molecule has 0 aliphatic carbocycles. The van der Waals surface area contributed by atoms with Gasteiger partial charge in [-0.1, -0.05) is 15.9 Å². The first kappa shape index (κ1) is 14.3. The number of nitriles is 3. The Bertz CT molecular complexity index is 626. The van der Waals surface area contributed by atoms with Crippen LogP contribution in [0.25, 0.3) is 0 Å². The van der Waals surface area contributed by atoms with Gasteiger partial charge >= 0.3 is 0 Å². The quantitative estimate of drug-likeness (QED) is 0.808. The average molecular weight is 366 g/mol. The summed E-state index contributed by atoms with van der Waals surface area (Å²) < 4.78 is 1.64. The van der Waals surface area contributed by atoms with E-state index in [-0.39, 0.29) is 11.3 Å². The standard InChI is InChI=1S/C12H6Br2N4/c1-7-2-11(10(14)3-9(7)13)18-12(6-17)8(4-15)5-16/h2-3,18H,1H3. The molecule has 0 aromatic heterocycles. The molecule has 0 radical (unpaired) electrons. The van der Waals surface area contributed by atoms with Gasteiger partial charge in [0.1, 0.15) is 23.9 Å². The van der Waals surface area contributed by atoms with E-state index in [1.165, 1.54) is 0 Å². The monoisotopic (exact) mass is 364 g/mol. The molecule has 0 saturated carbocycles. The molecule has 1 aromatic carbocycles. The maximum atomic E-state index is 8.94. The van der Waals surface area contributed by atoms with Crippen LogP contribution in [0.4, 0.5) is 5.69 Å². The second-order valence-electron chi connectivity index (χ2n) is 3.29. The minimum absolute atomic E-state index is 0.0672. The zero-order valence-corrected chi connectivity index (χ0v) is 12.4. The van der Waals surface area contributed by atoms with Gasteiger partial charge in [0.2, 0.25) is 0 Å². The Balaban J connectivity index is 3.26. The summed E-state index contributed by atoms with van der Waals surface area (Å²) in [6.45, 7) is 1.90. The average Bonchev–Trinajstić information content (AvgIpc) is 2.35. The molecule has 0 atom stereocenters. The van der Waals surface area contributed by atoms with Crippen LogP contribution in [0.5, 0.6) is 0 Å². The molecule has 1 aromatic rings. The second-order valence-corrected chi connectivity index (χ2v) is 5.00. The predicted octanol–water partition coefficient (Wildman–Crippen LogP) is 3.76. The fourth-order valence-corrected chi connectivity index (χ4v) is 2.26. The van der Waals surface area contributed by atoms with E-state index >= 15 is 0 Å². The van der Waals surface area contributed by atoms with Gasteiger partial charge in [-0.15, -0.1) is 0 Å². The van der Waals surface area contributed by atoms with Gasteiger partial charge in [0.05, 0.1) is 5.69 Å². The number of benzene rings is 1. The van der Waals surface area contributed by atoms with E-state index in [9.17, 15) is 0 Å². The van der Waals surface area contributed by atoms with E-state index in [1.807, 2.05) is 13.0 Å². The van der Waals surface area contributed by atoms with Crippen LogP contribution < -0.4 is 5.32 Å². The lowest BCUT2D eigenvalue weighted by Gasteiger charge is -2.09. The number of hydrogen-bond acceptors (Lipinski definition) is 4. The topological polar surface area (TPSA) is 83.4 Å². The molecule has 0 amide bonds. The van der Waals surface area contributed by atoms with Gasteiger partial charge in [-0.25, -0.2) is 0 Å². The Hall–Kier alpha value is -1.81. The Kier molecular flexibility index (Phi) is 4.92. The van der Waals surface area contributed by atoms with Crippen molar-refractivity contribution in [2.75, 3.05) is 5.32 Å². The summed E-state index contributed by atoms with van der Waals surface area (Å²) in [6, 6.07) is 8.79. The van der Waals surface area contributed by atoms with Crippen molar-refractivity contribution in [3.05, 3.63) is 37.9 Å². The summed E-state index contributed by atoms with van der Waals surface area (Å²) in [5.74, 6) is 0. The molecule has 0 spiro atoms. The van der Waals surface area contributed by atoms with E-state index in [1.54, 1.807) is 24.3 Å². The summed E-state index contributed by atoms with van der Waals surface area (Å²) in [7, 11) is 0. The Morgan fingerprint density at radius 1 is 1.06 bits per heavy atom. The molecule has 1 rings (SSSR count). The third-order valence-corrected chi connectivity index (χ3v) is 3.60. The number of halogens is 2. The van der Waals surface area contributed by atoms with Crippen molar-refractivity contribution in [2.45, 2.75) is 6.92 Å². The van der Waals surface area contributed by atoms with E-state index in [2.05, 4.69) is 37.2 Å². The van der Waals surface area contributed by atoms with Gasteiger partial charge in [-0.3, -0.25) is 0 Å². The molecule has 88 valence electrons. The van der Waals surface area contributed by atoms with Gasteiger partial charge in [0.25, 0.3) is 0 Å². The van der Waals surface area contributed by atoms with Crippen molar-refractivity contribution in [3.8, 4) is 18.2 Å². The summed E-state index contributed by atoms with van der Waals surface area (Å²) >= 11 is 6.72. The molecule has 0 bridgehead atoms. The first-order valence-electron chi connectivity index (χ1n) is 4.70. The summed E-state index contributed by atoms with van der Waals surface area (Å²) in [4.78, 5) is 0. The molecular formula is C12H6Br2N4. The van der Waals surface area contributed by atoms with E-state index in [4.69, 9.17) is 15.8 Å². The largest absolute Gasteiger partial charge is 0.344 e. The van der Waals surface area contributed by atoms with Gasteiger partial charge in [-0.2, -0.15) is 15.8 Å². The lowest BCUT2D eigenvalue weighted by atomic mass is 10.2. The van der Waals surface area contributed by atoms with E-state index < -0.39 is 0 Å². The molecule has 0 aliphatic heterocycles. The Labute approximate surface area is 121 Å². The number of allylic oxidation sites excluding steroid dienone is 2. The molecule has 1 N–H and O–H groups in total. The Morgan fingerprint density at radius 3 is 2.17 bits per heavy atom. The maximum Gasteiger partial charge on any atom is 0.163 e. The smallest absolute Gasteiger partial charge is 0.163 e. The highest BCUT2D eigenvalue weighted by Gasteiger charge is 2.09. The number of aryl methyl sites for hydroxylation is 1. The minimum Gasteiger partial charge on any atom is -0.344 e. The third kappa shape index (κ3) is 3.11. The fourth-order valence-electron chi connectivity index (χ4n) is 1.17. The Morgan fingerprint density at radius 2 is 1.67 bits per heavy atom. The van der Waals surface area contributed by atoms with Crippen molar-refractivity contribution < 1.29 is 0 Å². The van der Waals surface area contributed by atoms with Crippen molar-refractivity contribution >= 4 is 37.5 Å². The molecular weight excluding hydrogens is 360 g/mol. The summed E-state index contributed by atoms with van der Waals surface area (Å²) in [5.41, 5.74) is 1.27.